The van der Waals surface area contributed by atoms with E-state index < -0.39 is 0 Å². The number of nitrogens with zero attached hydrogens (tertiary/aromatic N) is 2. The Kier molecular flexibility index (Phi) is 2.85. The monoisotopic (exact) mass is 219 g/mol. The second-order valence-corrected chi connectivity index (χ2v) is 3.68. The zero-order valence-electron chi connectivity index (χ0n) is 9.06. The molecule has 1 fully saturated rings. The van der Waals surface area contributed by atoms with E-state index in [2.05, 4.69) is 10.3 Å². The molecule has 0 aliphatic carbocycles. The molecule has 1 aliphatic heterocycles. The minimum absolute atomic E-state index is 0.0947. The van der Waals surface area contributed by atoms with Crippen LogP contribution in [0, 0.1) is 0 Å². The molecule has 0 unspecified atom stereocenters. The number of imide groups is 1. The SMILES string of the molecule is CNc1ccc(CN2C(=O)CCC2=O)cn1. The summed E-state index contributed by atoms with van der Waals surface area (Å²) < 4.78 is 0. The molecule has 0 atom stereocenters. The minimum Gasteiger partial charge on any atom is -0.373 e. The maximum absolute atomic E-state index is 11.4. The van der Waals surface area contributed by atoms with Crippen LogP contribution in [0.4, 0.5) is 5.82 Å². The fourth-order valence-corrected chi connectivity index (χ4v) is 1.65. The van der Waals surface area contributed by atoms with E-state index in [0.29, 0.717) is 19.4 Å². The number of anilines is 1. The van der Waals surface area contributed by atoms with Crippen LogP contribution in [-0.4, -0.2) is 28.7 Å². The van der Waals surface area contributed by atoms with E-state index in [1.165, 1.54) is 4.90 Å². The topological polar surface area (TPSA) is 62.3 Å². The summed E-state index contributed by atoms with van der Waals surface area (Å²) in [5, 5.41) is 2.91. The zero-order valence-corrected chi connectivity index (χ0v) is 9.06. The molecule has 5 nitrogen and oxygen atoms in total. The van der Waals surface area contributed by atoms with Gasteiger partial charge in [0, 0.05) is 26.1 Å². The number of amides is 2. The average Bonchev–Trinajstić information content (AvgIpc) is 2.62. The highest BCUT2D eigenvalue weighted by Gasteiger charge is 2.28. The maximum Gasteiger partial charge on any atom is 0.229 e. The van der Waals surface area contributed by atoms with E-state index in [4.69, 9.17) is 0 Å². The number of carbonyl (C=O) groups excluding carboxylic acids is 2. The van der Waals surface area contributed by atoms with Gasteiger partial charge in [-0.1, -0.05) is 6.07 Å². The van der Waals surface area contributed by atoms with Crippen molar-refractivity contribution in [3.8, 4) is 0 Å². The molecule has 0 radical (unpaired) electrons. The predicted molar refractivity (Wildman–Crippen MR) is 58.6 cm³/mol. The highest BCUT2D eigenvalue weighted by molar-refractivity contribution is 6.01. The maximum atomic E-state index is 11.4. The Hall–Kier alpha value is -1.91. The Morgan fingerprint density at radius 1 is 1.31 bits per heavy atom. The lowest BCUT2D eigenvalue weighted by Crippen LogP contribution is -2.28. The first kappa shape index (κ1) is 10.6. The first-order valence-electron chi connectivity index (χ1n) is 5.16. The summed E-state index contributed by atoms with van der Waals surface area (Å²) in [4.78, 5) is 28.2. The second kappa shape index (κ2) is 4.30. The summed E-state index contributed by atoms with van der Waals surface area (Å²) in [6.45, 7) is 0.328. The molecule has 0 spiro atoms. The number of hydrogen-bond acceptors (Lipinski definition) is 4. The van der Waals surface area contributed by atoms with E-state index in [0.717, 1.165) is 11.4 Å². The number of carbonyl (C=O) groups is 2. The van der Waals surface area contributed by atoms with E-state index in [9.17, 15) is 9.59 Å². The highest BCUT2D eigenvalue weighted by atomic mass is 16.2. The van der Waals surface area contributed by atoms with Crippen molar-refractivity contribution < 1.29 is 9.59 Å². The largest absolute Gasteiger partial charge is 0.373 e. The molecule has 84 valence electrons. The van der Waals surface area contributed by atoms with Gasteiger partial charge in [-0.3, -0.25) is 14.5 Å². The number of rotatable bonds is 3. The van der Waals surface area contributed by atoms with Gasteiger partial charge in [0.2, 0.25) is 11.8 Å². The van der Waals surface area contributed by atoms with Crippen LogP contribution in [0.5, 0.6) is 0 Å². The highest BCUT2D eigenvalue weighted by Crippen LogP contribution is 2.15. The minimum atomic E-state index is -0.0947. The molecule has 2 heterocycles. The number of pyridine rings is 1. The van der Waals surface area contributed by atoms with Crippen LogP contribution in [-0.2, 0) is 16.1 Å². The number of nitrogens with one attached hydrogen (secondary N) is 1. The molecule has 2 rings (SSSR count). The Morgan fingerprint density at radius 3 is 2.50 bits per heavy atom. The molecule has 0 bridgehead atoms. The van der Waals surface area contributed by atoms with E-state index in [1.54, 1.807) is 13.2 Å². The van der Waals surface area contributed by atoms with Gasteiger partial charge < -0.3 is 5.32 Å². The molecule has 1 aromatic heterocycles. The first-order chi connectivity index (χ1) is 7.70. The molecule has 5 heteroatoms. The molecule has 1 aromatic rings. The van der Waals surface area contributed by atoms with Crippen LogP contribution >= 0.6 is 0 Å². The molecule has 0 saturated carbocycles. The fourth-order valence-electron chi connectivity index (χ4n) is 1.65. The van der Waals surface area contributed by atoms with Gasteiger partial charge in [-0.15, -0.1) is 0 Å². The lowest BCUT2D eigenvalue weighted by Gasteiger charge is -2.13. The normalized spacial score (nSPS) is 15.7. The van der Waals surface area contributed by atoms with Crippen LogP contribution in [0.2, 0.25) is 0 Å². The van der Waals surface area contributed by atoms with Gasteiger partial charge in [-0.2, -0.15) is 0 Å². The molecule has 1 N–H and O–H groups in total. The Labute approximate surface area is 93.5 Å². The summed E-state index contributed by atoms with van der Waals surface area (Å²) in [5.74, 6) is 0.577. The summed E-state index contributed by atoms with van der Waals surface area (Å²) >= 11 is 0. The average molecular weight is 219 g/mol. The number of likely N-dealkylation sites (tertiary alicyclic amines) is 1. The molecular weight excluding hydrogens is 206 g/mol. The Bertz CT molecular complexity index is 398. The molecule has 1 aliphatic rings. The molecule has 0 aromatic carbocycles. The summed E-state index contributed by atoms with van der Waals surface area (Å²) in [6.07, 6.45) is 2.34. The first-order valence-corrected chi connectivity index (χ1v) is 5.16. The van der Waals surface area contributed by atoms with Gasteiger partial charge in [0.15, 0.2) is 0 Å². The van der Waals surface area contributed by atoms with Gasteiger partial charge in [0.25, 0.3) is 0 Å². The van der Waals surface area contributed by atoms with Gasteiger partial charge in [-0.25, -0.2) is 4.98 Å². The van der Waals surface area contributed by atoms with Crippen LogP contribution in [0.25, 0.3) is 0 Å². The van der Waals surface area contributed by atoms with Crippen molar-refractivity contribution in [3.05, 3.63) is 23.9 Å². The Morgan fingerprint density at radius 2 is 2.00 bits per heavy atom. The summed E-state index contributed by atoms with van der Waals surface area (Å²) in [6, 6.07) is 3.68. The van der Waals surface area contributed by atoms with Crippen LogP contribution in [0.1, 0.15) is 18.4 Å². The van der Waals surface area contributed by atoms with Crippen molar-refractivity contribution in [1.82, 2.24) is 9.88 Å². The lowest BCUT2D eigenvalue weighted by molar-refractivity contribution is -0.139. The van der Waals surface area contributed by atoms with E-state index in [-0.39, 0.29) is 11.8 Å². The van der Waals surface area contributed by atoms with Crippen molar-refractivity contribution in [1.29, 1.82) is 0 Å². The van der Waals surface area contributed by atoms with Gasteiger partial charge in [0.05, 0.1) is 6.54 Å². The molecule has 16 heavy (non-hydrogen) atoms. The van der Waals surface area contributed by atoms with Gasteiger partial charge in [0.1, 0.15) is 5.82 Å². The molecule has 1 saturated heterocycles. The van der Waals surface area contributed by atoms with Crippen LogP contribution in [0.15, 0.2) is 18.3 Å². The van der Waals surface area contributed by atoms with E-state index >= 15 is 0 Å². The van der Waals surface area contributed by atoms with Crippen molar-refractivity contribution in [2.45, 2.75) is 19.4 Å². The quantitative estimate of drug-likeness (QED) is 0.763. The number of aromatic nitrogens is 1. The third-order valence-electron chi connectivity index (χ3n) is 2.58. The summed E-state index contributed by atoms with van der Waals surface area (Å²) in [7, 11) is 1.79. The predicted octanol–water partition coefficient (Wildman–Crippen LogP) is 0.772. The third kappa shape index (κ3) is 2.03. The van der Waals surface area contributed by atoms with E-state index in [1.807, 2.05) is 12.1 Å². The molecule has 2 amide bonds. The lowest BCUT2D eigenvalue weighted by atomic mass is 10.2. The smallest absolute Gasteiger partial charge is 0.229 e. The van der Waals surface area contributed by atoms with Gasteiger partial charge >= 0.3 is 0 Å². The van der Waals surface area contributed by atoms with Crippen molar-refractivity contribution >= 4 is 17.6 Å². The standard InChI is InChI=1S/C11H13N3O2/c1-12-9-3-2-8(6-13-9)7-14-10(15)4-5-11(14)16/h2-3,6H,4-5,7H2,1H3,(H,12,13). The van der Waals surface area contributed by atoms with Crippen LogP contribution < -0.4 is 5.32 Å². The number of hydrogen-bond donors (Lipinski definition) is 1. The molecular formula is C11H13N3O2. The van der Waals surface area contributed by atoms with Crippen molar-refractivity contribution in [2.75, 3.05) is 12.4 Å². The summed E-state index contributed by atoms with van der Waals surface area (Å²) in [5.41, 5.74) is 0.864. The van der Waals surface area contributed by atoms with Crippen LogP contribution in [0.3, 0.4) is 0 Å². The van der Waals surface area contributed by atoms with Crippen molar-refractivity contribution in [3.63, 3.8) is 0 Å². The fraction of sp³-hybridized carbons (Fsp3) is 0.364. The van der Waals surface area contributed by atoms with Gasteiger partial charge in [-0.05, 0) is 11.6 Å². The van der Waals surface area contributed by atoms with Crippen molar-refractivity contribution in [2.24, 2.45) is 0 Å². The zero-order chi connectivity index (χ0) is 11.5. The third-order valence-corrected chi connectivity index (χ3v) is 2.58. The second-order valence-electron chi connectivity index (χ2n) is 3.68. The Balaban J connectivity index is 2.08.